The second-order valence-electron chi connectivity index (χ2n) is 7.16. The highest BCUT2D eigenvalue weighted by Crippen LogP contribution is 2.24. The lowest BCUT2D eigenvalue weighted by Gasteiger charge is -2.35. The Morgan fingerprint density at radius 2 is 1.93 bits per heavy atom. The third-order valence-corrected chi connectivity index (χ3v) is 6.04. The highest BCUT2D eigenvalue weighted by atomic mass is 32.1. The van der Waals surface area contributed by atoms with Crippen molar-refractivity contribution in [1.29, 1.82) is 0 Å². The first-order valence-electron chi connectivity index (χ1n) is 9.69. The molecule has 1 aliphatic heterocycles. The van der Waals surface area contributed by atoms with Crippen molar-refractivity contribution in [2.45, 2.75) is 13.3 Å². The molecule has 1 aliphatic rings. The third-order valence-electron chi connectivity index (χ3n) is 5.11. The number of anilines is 1. The average molecular weight is 410 g/mol. The molecule has 1 aromatic carbocycles. The van der Waals surface area contributed by atoms with Gasteiger partial charge in [0.2, 0.25) is 0 Å². The Labute approximate surface area is 173 Å². The standard InChI is InChI=1S/C21H23N5O2S/c1-16-14-20(23-21(22-16)17-4-2-5-18(15-17)26(27)28)25-11-9-24(10-12-25)8-7-19-6-3-13-29-19/h2-6,13-15H,7-12H2,1H3. The van der Waals surface area contributed by atoms with Crippen LogP contribution < -0.4 is 4.90 Å². The van der Waals surface area contributed by atoms with Gasteiger partial charge in [-0.05, 0) is 24.8 Å². The molecule has 7 nitrogen and oxygen atoms in total. The summed E-state index contributed by atoms with van der Waals surface area (Å²) < 4.78 is 0. The number of rotatable bonds is 6. The minimum absolute atomic E-state index is 0.0495. The smallest absolute Gasteiger partial charge is 0.270 e. The zero-order valence-corrected chi connectivity index (χ0v) is 17.1. The van der Waals surface area contributed by atoms with Crippen LogP contribution in [0.25, 0.3) is 11.4 Å². The second kappa shape index (κ2) is 8.67. The summed E-state index contributed by atoms with van der Waals surface area (Å²) in [4.78, 5) is 26.1. The molecule has 0 amide bonds. The van der Waals surface area contributed by atoms with Crippen molar-refractivity contribution < 1.29 is 4.92 Å². The minimum atomic E-state index is -0.393. The highest BCUT2D eigenvalue weighted by Gasteiger charge is 2.19. The van der Waals surface area contributed by atoms with Crippen LogP contribution in [0.5, 0.6) is 0 Å². The zero-order valence-electron chi connectivity index (χ0n) is 16.3. The van der Waals surface area contributed by atoms with Crippen molar-refractivity contribution in [2.24, 2.45) is 0 Å². The van der Waals surface area contributed by atoms with Crippen LogP contribution in [0, 0.1) is 17.0 Å². The largest absolute Gasteiger partial charge is 0.354 e. The Kier molecular flexibility index (Phi) is 5.82. The summed E-state index contributed by atoms with van der Waals surface area (Å²) in [6.07, 6.45) is 1.10. The van der Waals surface area contributed by atoms with Crippen LogP contribution in [0.2, 0.25) is 0 Å². The number of nitro benzene ring substituents is 1. The van der Waals surface area contributed by atoms with Gasteiger partial charge in [0.15, 0.2) is 5.82 Å². The van der Waals surface area contributed by atoms with E-state index in [9.17, 15) is 10.1 Å². The second-order valence-corrected chi connectivity index (χ2v) is 8.19. The number of aromatic nitrogens is 2. The maximum Gasteiger partial charge on any atom is 0.270 e. The van der Waals surface area contributed by atoms with Crippen molar-refractivity contribution in [3.63, 3.8) is 0 Å². The van der Waals surface area contributed by atoms with Gasteiger partial charge in [-0.15, -0.1) is 11.3 Å². The Morgan fingerprint density at radius 3 is 2.66 bits per heavy atom. The van der Waals surface area contributed by atoms with E-state index in [0.29, 0.717) is 11.4 Å². The molecule has 0 bridgehead atoms. The molecular formula is C21H23N5O2S. The predicted octanol–water partition coefficient (Wildman–Crippen LogP) is 3.79. The molecule has 0 aliphatic carbocycles. The van der Waals surface area contributed by atoms with Crippen molar-refractivity contribution in [3.8, 4) is 11.4 Å². The summed E-state index contributed by atoms with van der Waals surface area (Å²) in [6, 6.07) is 12.8. The van der Waals surface area contributed by atoms with Crippen LogP contribution in [0.1, 0.15) is 10.6 Å². The van der Waals surface area contributed by atoms with E-state index in [1.165, 1.54) is 17.0 Å². The molecule has 0 saturated carbocycles. The number of nitro groups is 1. The van der Waals surface area contributed by atoms with Crippen LogP contribution in [-0.4, -0.2) is 52.5 Å². The quantitative estimate of drug-likeness (QED) is 0.455. The van der Waals surface area contributed by atoms with Gasteiger partial charge in [-0.2, -0.15) is 0 Å². The molecule has 3 heterocycles. The van der Waals surface area contributed by atoms with Crippen molar-refractivity contribution in [2.75, 3.05) is 37.6 Å². The minimum Gasteiger partial charge on any atom is -0.354 e. The van der Waals surface area contributed by atoms with Gasteiger partial charge in [-0.3, -0.25) is 15.0 Å². The first kappa shape index (κ1) is 19.5. The molecule has 0 N–H and O–H groups in total. The summed E-state index contributed by atoms with van der Waals surface area (Å²) in [5.74, 6) is 1.42. The monoisotopic (exact) mass is 409 g/mol. The lowest BCUT2D eigenvalue weighted by molar-refractivity contribution is -0.384. The molecular weight excluding hydrogens is 386 g/mol. The lowest BCUT2D eigenvalue weighted by atomic mass is 10.2. The predicted molar refractivity (Wildman–Crippen MR) is 116 cm³/mol. The average Bonchev–Trinajstić information content (AvgIpc) is 3.26. The first-order valence-corrected chi connectivity index (χ1v) is 10.6. The van der Waals surface area contributed by atoms with E-state index < -0.39 is 4.92 Å². The number of benzene rings is 1. The SMILES string of the molecule is Cc1cc(N2CCN(CCc3cccs3)CC2)nc(-c2cccc([N+](=O)[O-])c2)n1. The third kappa shape index (κ3) is 4.78. The van der Waals surface area contributed by atoms with Crippen LogP contribution in [0.15, 0.2) is 47.8 Å². The summed E-state index contributed by atoms with van der Waals surface area (Å²) in [7, 11) is 0. The van der Waals surface area contributed by atoms with Gasteiger partial charge in [0.1, 0.15) is 5.82 Å². The molecule has 150 valence electrons. The van der Waals surface area contributed by atoms with E-state index in [4.69, 9.17) is 4.98 Å². The number of nitrogens with zero attached hydrogens (tertiary/aromatic N) is 5. The fraction of sp³-hybridized carbons (Fsp3) is 0.333. The van der Waals surface area contributed by atoms with Crippen LogP contribution in [0.4, 0.5) is 11.5 Å². The van der Waals surface area contributed by atoms with Crippen molar-refractivity contribution >= 4 is 22.8 Å². The van der Waals surface area contributed by atoms with Gasteiger partial charge >= 0.3 is 0 Å². The summed E-state index contributed by atoms with van der Waals surface area (Å²) in [5.41, 5.74) is 1.57. The molecule has 0 unspecified atom stereocenters. The van der Waals surface area contributed by atoms with E-state index >= 15 is 0 Å². The Bertz CT molecular complexity index is 984. The van der Waals surface area contributed by atoms with Gasteiger partial charge in [0, 0.05) is 67.1 Å². The van der Waals surface area contributed by atoms with Gasteiger partial charge in [-0.25, -0.2) is 9.97 Å². The number of hydrogen-bond acceptors (Lipinski definition) is 7. The molecule has 4 rings (SSSR count). The van der Waals surface area contributed by atoms with E-state index in [0.717, 1.165) is 50.7 Å². The van der Waals surface area contributed by atoms with Crippen LogP contribution in [-0.2, 0) is 6.42 Å². The van der Waals surface area contributed by atoms with Crippen LogP contribution in [0.3, 0.4) is 0 Å². The van der Waals surface area contributed by atoms with E-state index in [1.807, 2.05) is 30.4 Å². The fourth-order valence-electron chi connectivity index (χ4n) is 3.53. The lowest BCUT2D eigenvalue weighted by Crippen LogP contribution is -2.47. The van der Waals surface area contributed by atoms with E-state index in [-0.39, 0.29) is 5.69 Å². The van der Waals surface area contributed by atoms with Crippen molar-refractivity contribution in [1.82, 2.24) is 14.9 Å². The normalized spacial score (nSPS) is 14.9. The molecule has 0 radical (unpaired) electrons. The summed E-state index contributed by atoms with van der Waals surface area (Å²) in [5, 5.41) is 13.2. The molecule has 8 heteroatoms. The molecule has 1 fully saturated rings. The zero-order chi connectivity index (χ0) is 20.2. The molecule has 0 spiro atoms. The highest BCUT2D eigenvalue weighted by molar-refractivity contribution is 7.09. The number of thiophene rings is 1. The topological polar surface area (TPSA) is 75.4 Å². The Hall–Kier alpha value is -2.84. The van der Waals surface area contributed by atoms with Crippen molar-refractivity contribution in [3.05, 3.63) is 68.5 Å². The first-order chi connectivity index (χ1) is 14.1. The van der Waals surface area contributed by atoms with E-state index in [2.05, 4.69) is 32.3 Å². The molecule has 1 saturated heterocycles. The number of piperazine rings is 1. The Balaban J connectivity index is 1.44. The number of non-ortho nitro benzene ring substituents is 1. The summed E-state index contributed by atoms with van der Waals surface area (Å²) >= 11 is 1.82. The number of aryl methyl sites for hydroxylation is 1. The van der Waals surface area contributed by atoms with Gasteiger partial charge in [0.05, 0.1) is 4.92 Å². The molecule has 2 aromatic heterocycles. The maximum absolute atomic E-state index is 11.1. The molecule has 0 atom stereocenters. The van der Waals surface area contributed by atoms with Gasteiger partial charge in [0.25, 0.3) is 5.69 Å². The fourth-order valence-corrected chi connectivity index (χ4v) is 4.22. The van der Waals surface area contributed by atoms with Crippen LogP contribution >= 0.6 is 11.3 Å². The maximum atomic E-state index is 11.1. The molecule has 29 heavy (non-hydrogen) atoms. The number of hydrogen-bond donors (Lipinski definition) is 0. The summed E-state index contributed by atoms with van der Waals surface area (Å²) in [6.45, 7) is 6.84. The molecule has 3 aromatic rings. The van der Waals surface area contributed by atoms with Gasteiger partial charge < -0.3 is 4.90 Å². The Morgan fingerprint density at radius 1 is 1.10 bits per heavy atom. The van der Waals surface area contributed by atoms with Gasteiger partial charge in [-0.1, -0.05) is 18.2 Å². The van der Waals surface area contributed by atoms with E-state index in [1.54, 1.807) is 6.07 Å².